The molecular weight excluding hydrogens is 278 g/mol. The molecule has 0 amide bonds. The Morgan fingerprint density at radius 2 is 2.00 bits per heavy atom. The monoisotopic (exact) mass is 293 g/mol. The van der Waals surface area contributed by atoms with Gasteiger partial charge in [0.05, 0.1) is 12.9 Å². The molecule has 0 radical (unpaired) electrons. The lowest BCUT2D eigenvalue weighted by Crippen LogP contribution is -2.17. The first kappa shape index (κ1) is 12.7. The fourth-order valence-electron chi connectivity index (χ4n) is 2.61. The van der Waals surface area contributed by atoms with Gasteiger partial charge in [0.15, 0.2) is 11.6 Å². The van der Waals surface area contributed by atoms with Gasteiger partial charge in [-0.2, -0.15) is 4.98 Å². The molecule has 0 aliphatic carbocycles. The van der Waals surface area contributed by atoms with Crippen LogP contribution in [-0.2, 0) is 0 Å². The molecule has 4 rings (SSSR count). The lowest BCUT2D eigenvalue weighted by Gasteiger charge is -2.19. The molecule has 6 nitrogen and oxygen atoms in total. The van der Waals surface area contributed by atoms with Crippen molar-refractivity contribution in [1.82, 2.24) is 9.97 Å². The topological polar surface area (TPSA) is 80.2 Å². The molecule has 22 heavy (non-hydrogen) atoms. The molecule has 110 valence electrons. The Bertz CT molecular complexity index is 811. The number of hydrogen-bond acceptors (Lipinski definition) is 6. The Kier molecular flexibility index (Phi) is 2.75. The van der Waals surface area contributed by atoms with Crippen LogP contribution in [-0.4, -0.2) is 16.6 Å². The number of rotatable bonds is 2. The van der Waals surface area contributed by atoms with Gasteiger partial charge in [-0.25, -0.2) is 4.98 Å². The predicted octanol–water partition coefficient (Wildman–Crippen LogP) is 3.15. The third kappa shape index (κ3) is 1.96. The average Bonchev–Trinajstić information content (AvgIpc) is 3.16. The van der Waals surface area contributed by atoms with Crippen LogP contribution in [0.5, 0.6) is 0 Å². The van der Waals surface area contributed by atoms with Crippen molar-refractivity contribution in [2.75, 3.05) is 22.6 Å². The van der Waals surface area contributed by atoms with Gasteiger partial charge in [-0.3, -0.25) is 0 Å². The standard InChI is InChI=1S/C16H15N5O/c1-10-4-6-11(7-5-10)21-9-18-15-14(21)13(19-16(17)20-15)12-3-2-8-22-12/h2-8H,9H2,1H3,(H3,17,18,19,20). The Morgan fingerprint density at radius 1 is 1.18 bits per heavy atom. The van der Waals surface area contributed by atoms with E-state index in [2.05, 4.69) is 51.4 Å². The zero-order valence-electron chi connectivity index (χ0n) is 12.1. The van der Waals surface area contributed by atoms with Crippen LogP contribution < -0.4 is 16.0 Å². The fraction of sp³-hybridized carbons (Fsp3) is 0.125. The lowest BCUT2D eigenvalue weighted by molar-refractivity contribution is 0.580. The second kappa shape index (κ2) is 4.77. The second-order valence-corrected chi connectivity index (χ2v) is 5.20. The summed E-state index contributed by atoms with van der Waals surface area (Å²) in [4.78, 5) is 10.8. The van der Waals surface area contributed by atoms with Crippen molar-refractivity contribution in [3.05, 3.63) is 48.2 Å². The van der Waals surface area contributed by atoms with Crippen molar-refractivity contribution in [2.45, 2.75) is 6.92 Å². The van der Waals surface area contributed by atoms with Crippen molar-refractivity contribution >= 4 is 23.1 Å². The Balaban J connectivity index is 1.88. The lowest BCUT2D eigenvalue weighted by atomic mass is 10.2. The smallest absolute Gasteiger partial charge is 0.222 e. The molecule has 3 aromatic rings. The number of benzene rings is 1. The van der Waals surface area contributed by atoms with E-state index in [0.29, 0.717) is 18.1 Å². The number of fused-ring (bicyclic) bond motifs is 1. The van der Waals surface area contributed by atoms with Crippen LogP contribution >= 0.6 is 0 Å². The highest BCUT2D eigenvalue weighted by Crippen LogP contribution is 2.42. The highest BCUT2D eigenvalue weighted by atomic mass is 16.3. The maximum Gasteiger partial charge on any atom is 0.222 e. The normalized spacial score (nSPS) is 13.0. The molecule has 0 fully saturated rings. The molecule has 1 aromatic carbocycles. The van der Waals surface area contributed by atoms with Gasteiger partial charge in [-0.05, 0) is 31.2 Å². The molecular formula is C16H15N5O. The highest BCUT2D eigenvalue weighted by molar-refractivity contribution is 5.89. The quantitative estimate of drug-likeness (QED) is 0.755. The summed E-state index contributed by atoms with van der Waals surface area (Å²) in [7, 11) is 0. The molecule has 3 heterocycles. The number of anilines is 4. The first-order valence-corrected chi connectivity index (χ1v) is 7.02. The molecule has 0 atom stereocenters. The summed E-state index contributed by atoms with van der Waals surface area (Å²) in [5.41, 5.74) is 9.68. The van der Waals surface area contributed by atoms with E-state index in [9.17, 15) is 0 Å². The average molecular weight is 293 g/mol. The summed E-state index contributed by atoms with van der Waals surface area (Å²) in [6.45, 7) is 2.68. The van der Waals surface area contributed by atoms with Gasteiger partial charge in [0.2, 0.25) is 5.95 Å². The first-order valence-electron chi connectivity index (χ1n) is 7.02. The van der Waals surface area contributed by atoms with Gasteiger partial charge >= 0.3 is 0 Å². The maximum atomic E-state index is 5.82. The van der Waals surface area contributed by atoms with E-state index in [1.807, 2.05) is 12.1 Å². The van der Waals surface area contributed by atoms with E-state index >= 15 is 0 Å². The molecule has 0 unspecified atom stereocenters. The van der Waals surface area contributed by atoms with Crippen LogP contribution in [0.3, 0.4) is 0 Å². The van der Waals surface area contributed by atoms with Crippen molar-refractivity contribution in [2.24, 2.45) is 0 Å². The molecule has 0 saturated carbocycles. The van der Waals surface area contributed by atoms with Crippen LogP contribution in [0.4, 0.5) is 23.1 Å². The Labute approximate surface area is 127 Å². The fourth-order valence-corrected chi connectivity index (χ4v) is 2.61. The molecule has 1 aliphatic heterocycles. The van der Waals surface area contributed by atoms with Crippen LogP contribution in [0.25, 0.3) is 11.5 Å². The Morgan fingerprint density at radius 3 is 2.73 bits per heavy atom. The minimum atomic E-state index is 0.225. The molecule has 2 aromatic heterocycles. The van der Waals surface area contributed by atoms with Crippen molar-refractivity contribution in [1.29, 1.82) is 0 Å². The number of nitrogens with zero attached hydrogens (tertiary/aromatic N) is 3. The highest BCUT2D eigenvalue weighted by Gasteiger charge is 2.28. The summed E-state index contributed by atoms with van der Waals surface area (Å²) >= 11 is 0. The van der Waals surface area contributed by atoms with Crippen LogP contribution in [0.15, 0.2) is 47.1 Å². The van der Waals surface area contributed by atoms with Crippen LogP contribution in [0.1, 0.15) is 5.56 Å². The number of nitrogen functional groups attached to an aromatic ring is 1. The summed E-state index contributed by atoms with van der Waals surface area (Å²) in [5, 5.41) is 3.26. The largest absolute Gasteiger partial charge is 0.463 e. The molecule has 6 heteroatoms. The SMILES string of the molecule is Cc1ccc(N2CNc3nc(N)nc(-c4ccco4)c32)cc1. The van der Waals surface area contributed by atoms with Crippen LogP contribution in [0, 0.1) is 6.92 Å². The van der Waals surface area contributed by atoms with E-state index in [1.165, 1.54) is 5.56 Å². The number of furan rings is 1. The number of nitrogens with one attached hydrogen (secondary N) is 1. The van der Waals surface area contributed by atoms with Crippen LogP contribution in [0.2, 0.25) is 0 Å². The summed E-state index contributed by atoms with van der Waals surface area (Å²) < 4.78 is 5.50. The molecule has 0 bridgehead atoms. The van der Waals surface area contributed by atoms with Gasteiger partial charge in [0.25, 0.3) is 0 Å². The van der Waals surface area contributed by atoms with E-state index in [4.69, 9.17) is 10.2 Å². The summed E-state index contributed by atoms with van der Waals surface area (Å²) in [6, 6.07) is 12.0. The number of aromatic nitrogens is 2. The third-order valence-corrected chi connectivity index (χ3v) is 3.68. The zero-order chi connectivity index (χ0) is 15.1. The number of aryl methyl sites for hydroxylation is 1. The van der Waals surface area contributed by atoms with Crippen molar-refractivity contribution < 1.29 is 4.42 Å². The zero-order valence-corrected chi connectivity index (χ0v) is 12.1. The second-order valence-electron chi connectivity index (χ2n) is 5.20. The van der Waals surface area contributed by atoms with Crippen molar-refractivity contribution in [3.8, 4) is 11.5 Å². The number of nitrogens with two attached hydrogens (primary N) is 1. The Hall–Kier alpha value is -3.02. The van der Waals surface area contributed by atoms with E-state index in [0.717, 1.165) is 17.2 Å². The van der Waals surface area contributed by atoms with E-state index < -0.39 is 0 Å². The molecule has 3 N–H and O–H groups in total. The van der Waals surface area contributed by atoms with Gasteiger partial charge in [-0.15, -0.1) is 0 Å². The van der Waals surface area contributed by atoms with Gasteiger partial charge in [0.1, 0.15) is 11.4 Å². The molecule has 0 spiro atoms. The minimum absolute atomic E-state index is 0.225. The van der Waals surface area contributed by atoms with Gasteiger partial charge < -0.3 is 20.4 Å². The third-order valence-electron chi connectivity index (χ3n) is 3.68. The van der Waals surface area contributed by atoms with E-state index in [-0.39, 0.29) is 5.95 Å². The first-order chi connectivity index (χ1) is 10.7. The molecule has 1 aliphatic rings. The molecule has 0 saturated heterocycles. The van der Waals surface area contributed by atoms with Gasteiger partial charge in [0, 0.05) is 5.69 Å². The summed E-state index contributed by atoms with van der Waals surface area (Å²) in [6.07, 6.45) is 1.62. The number of hydrogen-bond donors (Lipinski definition) is 2. The summed E-state index contributed by atoms with van der Waals surface area (Å²) in [5.74, 6) is 1.62. The predicted molar refractivity (Wildman–Crippen MR) is 86.0 cm³/mol. The van der Waals surface area contributed by atoms with Crippen molar-refractivity contribution in [3.63, 3.8) is 0 Å². The van der Waals surface area contributed by atoms with Gasteiger partial charge in [-0.1, -0.05) is 17.7 Å². The minimum Gasteiger partial charge on any atom is -0.463 e. The maximum absolute atomic E-state index is 5.82. The van der Waals surface area contributed by atoms with E-state index in [1.54, 1.807) is 6.26 Å².